The third-order valence-electron chi connectivity index (χ3n) is 3.12. The van der Waals surface area contributed by atoms with Crippen LogP contribution in [-0.2, 0) is 13.1 Å². The van der Waals surface area contributed by atoms with Gasteiger partial charge < -0.3 is 4.90 Å². The lowest BCUT2D eigenvalue weighted by atomic mass is 10.2. The second-order valence-electron chi connectivity index (χ2n) is 4.69. The van der Waals surface area contributed by atoms with Gasteiger partial charge in [0.05, 0.1) is 18.7 Å². The van der Waals surface area contributed by atoms with E-state index in [9.17, 15) is 4.79 Å². The predicted octanol–water partition coefficient (Wildman–Crippen LogP) is 4.81. The Morgan fingerprint density at radius 3 is 2.14 bits per heavy atom. The van der Waals surface area contributed by atoms with E-state index in [1.807, 2.05) is 27.8 Å². The van der Waals surface area contributed by atoms with Crippen LogP contribution in [0, 0.1) is 0 Å². The fourth-order valence-electron chi connectivity index (χ4n) is 2.07. The molecule has 0 aliphatic heterocycles. The van der Waals surface area contributed by atoms with Crippen LogP contribution in [0.1, 0.15) is 20.1 Å². The number of amides is 1. The number of carbonyl (C=O) groups excluding carboxylic acids is 1. The van der Waals surface area contributed by atoms with Crippen molar-refractivity contribution in [2.45, 2.75) is 13.1 Å². The van der Waals surface area contributed by atoms with Gasteiger partial charge in [0.15, 0.2) is 0 Å². The molecule has 22 heavy (non-hydrogen) atoms. The Kier molecular flexibility index (Phi) is 5.02. The van der Waals surface area contributed by atoms with Gasteiger partial charge in [0.2, 0.25) is 0 Å². The van der Waals surface area contributed by atoms with E-state index in [2.05, 4.69) is 33.0 Å². The van der Waals surface area contributed by atoms with Crippen molar-refractivity contribution < 1.29 is 4.79 Å². The summed E-state index contributed by atoms with van der Waals surface area (Å²) >= 11 is 6.63. The summed E-state index contributed by atoms with van der Waals surface area (Å²) in [5, 5.41) is 4.06. The molecule has 0 saturated carbocycles. The molecule has 1 amide bonds. The van der Waals surface area contributed by atoms with E-state index >= 15 is 0 Å². The Balaban J connectivity index is 1.83. The van der Waals surface area contributed by atoms with E-state index in [1.165, 1.54) is 9.75 Å². The highest BCUT2D eigenvalue weighted by molar-refractivity contribution is 9.10. The fraction of sp³-hybridized carbons (Fsp3) is 0.125. The van der Waals surface area contributed by atoms with Crippen LogP contribution in [0.2, 0.25) is 0 Å². The number of pyridine rings is 1. The van der Waals surface area contributed by atoms with Crippen LogP contribution >= 0.6 is 38.6 Å². The van der Waals surface area contributed by atoms with Gasteiger partial charge in [-0.25, -0.2) is 4.98 Å². The SMILES string of the molecule is O=C(c1ccc(Br)nc1)N(Cc1cccs1)Cc1cccs1. The lowest BCUT2D eigenvalue weighted by molar-refractivity contribution is 0.0733. The molecule has 6 heteroatoms. The average Bonchev–Trinajstić information content (AvgIpc) is 3.20. The Morgan fingerprint density at radius 2 is 1.68 bits per heavy atom. The Bertz CT molecular complexity index is 688. The molecule has 0 spiro atoms. The van der Waals surface area contributed by atoms with Gasteiger partial charge in [0.1, 0.15) is 4.60 Å². The third kappa shape index (κ3) is 3.82. The van der Waals surface area contributed by atoms with Crippen LogP contribution in [0.5, 0.6) is 0 Å². The van der Waals surface area contributed by atoms with Gasteiger partial charge in [-0.2, -0.15) is 0 Å². The maximum Gasteiger partial charge on any atom is 0.256 e. The summed E-state index contributed by atoms with van der Waals surface area (Å²) in [5.74, 6) is 0.00167. The number of rotatable bonds is 5. The molecule has 0 fully saturated rings. The summed E-state index contributed by atoms with van der Waals surface area (Å²) < 4.78 is 0.729. The molecule has 0 atom stereocenters. The zero-order chi connectivity index (χ0) is 15.4. The zero-order valence-corrected chi connectivity index (χ0v) is 14.8. The average molecular weight is 393 g/mol. The van der Waals surface area contributed by atoms with Crippen molar-refractivity contribution in [1.82, 2.24) is 9.88 Å². The first-order valence-corrected chi connectivity index (χ1v) is 9.23. The van der Waals surface area contributed by atoms with Crippen molar-refractivity contribution >= 4 is 44.5 Å². The van der Waals surface area contributed by atoms with Gasteiger partial charge in [-0.15, -0.1) is 22.7 Å². The standard InChI is InChI=1S/C16H13BrN2OS2/c17-15-6-5-12(9-18-15)16(20)19(10-13-3-1-7-21-13)11-14-4-2-8-22-14/h1-9H,10-11H2. The maximum atomic E-state index is 12.8. The quantitative estimate of drug-likeness (QED) is 0.583. The highest BCUT2D eigenvalue weighted by atomic mass is 79.9. The zero-order valence-electron chi connectivity index (χ0n) is 11.6. The van der Waals surface area contributed by atoms with Crippen molar-refractivity contribution in [2.24, 2.45) is 0 Å². The minimum atomic E-state index is 0.00167. The minimum Gasteiger partial charge on any atom is -0.328 e. The van der Waals surface area contributed by atoms with Gasteiger partial charge >= 0.3 is 0 Å². The molecule has 0 bridgehead atoms. The monoisotopic (exact) mass is 392 g/mol. The maximum absolute atomic E-state index is 12.8. The summed E-state index contributed by atoms with van der Waals surface area (Å²) in [6.07, 6.45) is 1.61. The number of aromatic nitrogens is 1. The van der Waals surface area contributed by atoms with Crippen LogP contribution in [-0.4, -0.2) is 15.8 Å². The van der Waals surface area contributed by atoms with Gasteiger partial charge in [0, 0.05) is 16.0 Å². The van der Waals surface area contributed by atoms with Gasteiger partial charge in [-0.05, 0) is 51.0 Å². The molecule has 3 aromatic rings. The number of halogens is 1. The van der Waals surface area contributed by atoms with Crippen LogP contribution in [0.4, 0.5) is 0 Å². The first-order chi connectivity index (χ1) is 10.7. The van der Waals surface area contributed by atoms with Crippen LogP contribution < -0.4 is 0 Å². The molecular weight excluding hydrogens is 380 g/mol. The molecular formula is C16H13BrN2OS2. The lowest BCUT2D eigenvalue weighted by Crippen LogP contribution is -2.29. The summed E-state index contributed by atoms with van der Waals surface area (Å²) in [5.41, 5.74) is 0.608. The highest BCUT2D eigenvalue weighted by Crippen LogP contribution is 2.19. The molecule has 0 aliphatic rings. The van der Waals surface area contributed by atoms with E-state index in [1.54, 1.807) is 41.0 Å². The molecule has 3 heterocycles. The molecule has 0 aromatic carbocycles. The van der Waals surface area contributed by atoms with Crippen molar-refractivity contribution in [3.63, 3.8) is 0 Å². The first-order valence-electron chi connectivity index (χ1n) is 6.68. The summed E-state index contributed by atoms with van der Waals surface area (Å²) in [7, 11) is 0. The van der Waals surface area contributed by atoms with E-state index in [0.29, 0.717) is 18.7 Å². The molecule has 0 N–H and O–H groups in total. The van der Waals surface area contributed by atoms with Crippen LogP contribution in [0.15, 0.2) is 58.0 Å². The molecule has 0 aliphatic carbocycles. The first kappa shape index (κ1) is 15.4. The Morgan fingerprint density at radius 1 is 1.05 bits per heavy atom. The van der Waals surface area contributed by atoms with E-state index in [4.69, 9.17) is 0 Å². The van der Waals surface area contributed by atoms with Gasteiger partial charge in [0.25, 0.3) is 5.91 Å². The largest absolute Gasteiger partial charge is 0.328 e. The molecule has 0 unspecified atom stereocenters. The summed E-state index contributed by atoms with van der Waals surface area (Å²) in [6, 6.07) is 11.7. The summed E-state index contributed by atoms with van der Waals surface area (Å²) in [4.78, 5) is 21.2. The smallest absolute Gasteiger partial charge is 0.256 e. The number of thiophene rings is 2. The third-order valence-corrected chi connectivity index (χ3v) is 5.31. The highest BCUT2D eigenvalue weighted by Gasteiger charge is 2.18. The van der Waals surface area contributed by atoms with E-state index in [-0.39, 0.29) is 5.91 Å². The second-order valence-corrected chi connectivity index (χ2v) is 7.57. The molecule has 3 aromatic heterocycles. The van der Waals surface area contributed by atoms with Crippen LogP contribution in [0.3, 0.4) is 0 Å². The minimum absolute atomic E-state index is 0.00167. The molecule has 3 rings (SSSR count). The van der Waals surface area contributed by atoms with Crippen molar-refractivity contribution in [1.29, 1.82) is 0 Å². The normalized spacial score (nSPS) is 10.6. The van der Waals surface area contributed by atoms with Crippen molar-refractivity contribution in [2.75, 3.05) is 0 Å². The number of hydrogen-bond donors (Lipinski definition) is 0. The molecule has 0 saturated heterocycles. The van der Waals surface area contributed by atoms with E-state index in [0.717, 1.165) is 4.60 Å². The number of hydrogen-bond acceptors (Lipinski definition) is 4. The van der Waals surface area contributed by atoms with Gasteiger partial charge in [-0.1, -0.05) is 12.1 Å². The molecule has 3 nitrogen and oxygen atoms in total. The number of carbonyl (C=O) groups is 1. The van der Waals surface area contributed by atoms with Crippen molar-refractivity contribution in [3.05, 3.63) is 73.3 Å². The lowest BCUT2D eigenvalue weighted by Gasteiger charge is -2.21. The fourth-order valence-corrected chi connectivity index (χ4v) is 3.74. The number of nitrogens with zero attached hydrogens (tertiary/aromatic N) is 2. The topological polar surface area (TPSA) is 33.2 Å². The molecule has 112 valence electrons. The summed E-state index contributed by atoms with van der Waals surface area (Å²) in [6.45, 7) is 1.23. The molecule has 0 radical (unpaired) electrons. The van der Waals surface area contributed by atoms with Gasteiger partial charge in [-0.3, -0.25) is 4.79 Å². The van der Waals surface area contributed by atoms with E-state index < -0.39 is 0 Å². The van der Waals surface area contributed by atoms with Crippen molar-refractivity contribution in [3.8, 4) is 0 Å². The Hall–Kier alpha value is -1.50. The second kappa shape index (κ2) is 7.17. The Labute approximate surface area is 145 Å². The van der Waals surface area contributed by atoms with Crippen LogP contribution in [0.25, 0.3) is 0 Å². The predicted molar refractivity (Wildman–Crippen MR) is 94.2 cm³/mol.